The van der Waals surface area contributed by atoms with E-state index in [1.807, 2.05) is 26.0 Å². The zero-order chi connectivity index (χ0) is 22.2. The molecule has 4 rings (SSSR count). The van der Waals surface area contributed by atoms with Crippen molar-refractivity contribution in [3.8, 4) is 11.3 Å². The molecule has 0 spiro atoms. The smallest absolute Gasteiger partial charge is 0.267 e. The molecule has 1 saturated heterocycles. The van der Waals surface area contributed by atoms with Crippen LogP contribution in [0.3, 0.4) is 0 Å². The molecule has 0 unspecified atom stereocenters. The van der Waals surface area contributed by atoms with Crippen molar-refractivity contribution in [3.05, 3.63) is 45.2 Å². The second-order valence-electron chi connectivity index (χ2n) is 8.92. The molecule has 168 valence electrons. The van der Waals surface area contributed by atoms with Gasteiger partial charge in [-0.15, -0.1) is 0 Å². The summed E-state index contributed by atoms with van der Waals surface area (Å²) in [4.78, 5) is 13.2. The summed E-state index contributed by atoms with van der Waals surface area (Å²) in [5.74, 6) is 0.374. The van der Waals surface area contributed by atoms with Crippen LogP contribution in [0.25, 0.3) is 11.3 Å². The van der Waals surface area contributed by atoms with Crippen LogP contribution in [0, 0.1) is 5.92 Å². The molecule has 1 atom stereocenters. The lowest BCUT2D eigenvalue weighted by atomic mass is 9.89. The Hall–Kier alpha value is -1.99. The number of benzene rings is 1. The monoisotopic (exact) mass is 443 g/mol. The average Bonchev–Trinajstić information content (AvgIpc) is 2.79. The average molecular weight is 444 g/mol. The number of rotatable bonds is 5. The predicted octanol–water partition coefficient (Wildman–Crippen LogP) is 3.79. The number of fused-ring (bicyclic) bond motifs is 1. The Labute approximate surface area is 185 Å². The largest absolute Gasteiger partial charge is 0.270 e. The maximum absolute atomic E-state index is 13.6. The minimum Gasteiger partial charge on any atom is -0.267 e. The molecule has 1 aliphatic carbocycles. The van der Waals surface area contributed by atoms with Gasteiger partial charge >= 0.3 is 0 Å². The third kappa shape index (κ3) is 4.10. The van der Waals surface area contributed by atoms with Gasteiger partial charge in [0, 0.05) is 30.8 Å². The predicted molar refractivity (Wildman–Crippen MR) is 123 cm³/mol. The standard InChI is InChI=1S/C24H33N3O3S/c1-4-18-12-13-19(15-22(18)31(29,30)26-14-8-9-17(3)16-26)23-20-10-6-7-11-21(20)24(28)27(5-2)25-23/h12-13,15,17H,4-11,14,16H2,1-3H3/t17-/m0/s1. The van der Waals surface area contributed by atoms with Gasteiger partial charge in [0.15, 0.2) is 0 Å². The zero-order valence-electron chi connectivity index (χ0n) is 18.9. The van der Waals surface area contributed by atoms with E-state index in [-0.39, 0.29) is 5.56 Å². The molecule has 0 N–H and O–H groups in total. The number of hydrogen-bond acceptors (Lipinski definition) is 4. The van der Waals surface area contributed by atoms with Crippen LogP contribution in [0.1, 0.15) is 63.1 Å². The molecule has 2 heterocycles. The summed E-state index contributed by atoms with van der Waals surface area (Å²) in [7, 11) is -3.58. The van der Waals surface area contributed by atoms with Crippen LogP contribution in [-0.2, 0) is 35.8 Å². The fourth-order valence-corrected chi connectivity index (χ4v) is 6.89. The maximum atomic E-state index is 13.6. The van der Waals surface area contributed by atoms with Crippen molar-refractivity contribution in [3.63, 3.8) is 0 Å². The molecule has 7 heteroatoms. The Balaban J connectivity index is 1.86. The van der Waals surface area contributed by atoms with Crippen LogP contribution >= 0.6 is 0 Å². The number of sulfonamides is 1. The molecule has 0 bridgehead atoms. The minimum absolute atomic E-state index is 0.00118. The lowest BCUT2D eigenvalue weighted by Gasteiger charge is -2.30. The van der Waals surface area contributed by atoms with E-state index in [1.165, 1.54) is 4.68 Å². The molecule has 0 amide bonds. The van der Waals surface area contributed by atoms with Gasteiger partial charge in [0.1, 0.15) is 0 Å². The van der Waals surface area contributed by atoms with Crippen molar-refractivity contribution in [1.29, 1.82) is 0 Å². The van der Waals surface area contributed by atoms with Crippen LogP contribution in [0.4, 0.5) is 0 Å². The Morgan fingerprint density at radius 1 is 1.10 bits per heavy atom. The molecule has 2 aliphatic rings. The van der Waals surface area contributed by atoms with Gasteiger partial charge < -0.3 is 0 Å². The number of aromatic nitrogens is 2. The molecule has 31 heavy (non-hydrogen) atoms. The van der Waals surface area contributed by atoms with Crippen LogP contribution in [0.2, 0.25) is 0 Å². The molecule has 1 aromatic heterocycles. The quantitative estimate of drug-likeness (QED) is 0.705. The van der Waals surface area contributed by atoms with E-state index >= 15 is 0 Å². The van der Waals surface area contributed by atoms with Crippen molar-refractivity contribution in [2.24, 2.45) is 5.92 Å². The van der Waals surface area contributed by atoms with Gasteiger partial charge in [-0.3, -0.25) is 4.79 Å². The minimum atomic E-state index is -3.58. The third-order valence-corrected chi connectivity index (χ3v) is 8.67. The van der Waals surface area contributed by atoms with E-state index in [0.717, 1.165) is 66.5 Å². The first-order valence-electron chi connectivity index (χ1n) is 11.6. The number of hydrogen-bond donors (Lipinski definition) is 0. The van der Waals surface area contributed by atoms with Gasteiger partial charge in [-0.05, 0) is 75.0 Å². The highest BCUT2D eigenvalue weighted by atomic mass is 32.2. The first-order chi connectivity index (χ1) is 14.9. The van der Waals surface area contributed by atoms with Crippen molar-refractivity contribution in [2.75, 3.05) is 13.1 Å². The molecule has 1 aliphatic heterocycles. The molecule has 0 radical (unpaired) electrons. The van der Waals surface area contributed by atoms with Gasteiger partial charge in [0.05, 0.1) is 10.6 Å². The number of piperidine rings is 1. The van der Waals surface area contributed by atoms with Crippen LogP contribution in [0.5, 0.6) is 0 Å². The van der Waals surface area contributed by atoms with Gasteiger partial charge in [-0.25, -0.2) is 13.1 Å². The lowest BCUT2D eigenvalue weighted by Crippen LogP contribution is -2.39. The fourth-order valence-electron chi connectivity index (χ4n) is 4.97. The van der Waals surface area contributed by atoms with Crippen molar-refractivity contribution in [1.82, 2.24) is 14.1 Å². The summed E-state index contributed by atoms with van der Waals surface area (Å²) >= 11 is 0. The highest BCUT2D eigenvalue weighted by molar-refractivity contribution is 7.89. The highest BCUT2D eigenvalue weighted by Gasteiger charge is 2.31. The summed E-state index contributed by atoms with van der Waals surface area (Å²) in [5.41, 5.74) is 4.25. The zero-order valence-corrected chi connectivity index (χ0v) is 19.7. The van der Waals surface area contributed by atoms with Gasteiger partial charge in [0.25, 0.3) is 5.56 Å². The van der Waals surface area contributed by atoms with Gasteiger partial charge in [-0.2, -0.15) is 9.40 Å². The van der Waals surface area contributed by atoms with Crippen molar-refractivity contribution in [2.45, 2.75) is 77.2 Å². The molecule has 1 aromatic carbocycles. The van der Waals surface area contributed by atoms with E-state index in [4.69, 9.17) is 0 Å². The second-order valence-corrected chi connectivity index (χ2v) is 10.8. The van der Waals surface area contributed by atoms with Crippen LogP contribution < -0.4 is 5.56 Å². The Morgan fingerprint density at radius 2 is 1.84 bits per heavy atom. The Morgan fingerprint density at radius 3 is 2.52 bits per heavy atom. The first kappa shape index (κ1) is 22.2. The van der Waals surface area contributed by atoms with Crippen molar-refractivity contribution >= 4 is 10.0 Å². The molecule has 6 nitrogen and oxygen atoms in total. The molecule has 0 saturated carbocycles. The van der Waals surface area contributed by atoms with Crippen molar-refractivity contribution < 1.29 is 8.42 Å². The highest BCUT2D eigenvalue weighted by Crippen LogP contribution is 2.33. The van der Waals surface area contributed by atoms with E-state index < -0.39 is 10.0 Å². The second kappa shape index (κ2) is 8.87. The van der Waals surface area contributed by atoms with E-state index in [9.17, 15) is 13.2 Å². The number of aryl methyl sites for hydroxylation is 2. The van der Waals surface area contributed by atoms with Crippen LogP contribution in [0.15, 0.2) is 27.9 Å². The van der Waals surface area contributed by atoms with E-state index in [1.54, 1.807) is 10.4 Å². The third-order valence-electron chi connectivity index (χ3n) is 6.73. The lowest BCUT2D eigenvalue weighted by molar-refractivity contribution is 0.281. The summed E-state index contributed by atoms with van der Waals surface area (Å²) in [5, 5.41) is 4.67. The fraction of sp³-hybridized carbons (Fsp3) is 0.583. The topological polar surface area (TPSA) is 72.3 Å². The Bertz CT molecular complexity index is 1140. The number of nitrogens with zero attached hydrogens (tertiary/aromatic N) is 3. The van der Waals surface area contributed by atoms with Gasteiger partial charge in [-0.1, -0.05) is 26.0 Å². The summed E-state index contributed by atoms with van der Waals surface area (Å²) < 4.78 is 30.4. The SMILES string of the molecule is CCc1ccc(-c2nn(CC)c(=O)c3c2CCCC3)cc1S(=O)(=O)N1CCC[C@H](C)C1. The van der Waals surface area contributed by atoms with Gasteiger partial charge in [0.2, 0.25) is 10.0 Å². The molecular formula is C24H33N3O3S. The maximum Gasteiger partial charge on any atom is 0.270 e. The summed E-state index contributed by atoms with van der Waals surface area (Å²) in [6.07, 6.45) is 6.25. The van der Waals surface area contributed by atoms with E-state index in [0.29, 0.717) is 36.9 Å². The van der Waals surface area contributed by atoms with E-state index in [2.05, 4.69) is 12.0 Å². The Kier molecular flexibility index (Phi) is 6.35. The summed E-state index contributed by atoms with van der Waals surface area (Å²) in [6, 6.07) is 5.70. The normalized spacial score (nSPS) is 19.9. The molecule has 2 aromatic rings. The first-order valence-corrected chi connectivity index (χ1v) is 13.1. The van der Waals surface area contributed by atoms with Crippen LogP contribution in [-0.4, -0.2) is 35.6 Å². The molecular weight excluding hydrogens is 410 g/mol. The molecule has 1 fully saturated rings. The summed E-state index contributed by atoms with van der Waals surface area (Å²) in [6.45, 7) is 7.68.